The smallest absolute Gasteiger partial charge is 0.262 e. The van der Waals surface area contributed by atoms with Gasteiger partial charge in [0.2, 0.25) is 0 Å². The summed E-state index contributed by atoms with van der Waals surface area (Å²) in [7, 11) is 0. The number of benzene rings is 2. The van der Waals surface area contributed by atoms with Gasteiger partial charge < -0.3 is 20.5 Å². The highest BCUT2D eigenvalue weighted by Crippen LogP contribution is 2.32. The number of nitrogens with zero attached hydrogens (tertiary/aromatic N) is 2. The second-order valence-electron chi connectivity index (χ2n) is 8.80. The number of aliphatic hydroxyl groups is 1. The molecule has 1 amide bonds. The first kappa shape index (κ1) is 25.9. The summed E-state index contributed by atoms with van der Waals surface area (Å²) in [5.41, 5.74) is 2.23. The fourth-order valence-electron chi connectivity index (χ4n) is 4.02. The van der Waals surface area contributed by atoms with Crippen LogP contribution in [-0.4, -0.2) is 68.0 Å². The van der Waals surface area contributed by atoms with Crippen LogP contribution in [-0.2, 0) is 9.53 Å². The number of morpholine rings is 1. The number of rotatable bonds is 10. The van der Waals surface area contributed by atoms with Gasteiger partial charge in [-0.2, -0.15) is 5.26 Å². The van der Waals surface area contributed by atoms with Crippen LogP contribution in [0.1, 0.15) is 18.2 Å². The van der Waals surface area contributed by atoms with Crippen molar-refractivity contribution >= 4 is 39.8 Å². The van der Waals surface area contributed by atoms with E-state index in [-0.39, 0.29) is 12.1 Å². The van der Waals surface area contributed by atoms with Gasteiger partial charge in [0, 0.05) is 48.2 Å². The number of carbonyl (C=O) groups excluding carboxylic acids is 1. The summed E-state index contributed by atoms with van der Waals surface area (Å²) in [6.45, 7) is 7.50. The maximum atomic E-state index is 12.3. The SMILES string of the molecule is CCC(O)CNC(=O)/C(C#N)=C/c1ccc(-c2ccc3cc(NCCN4CCOCC4)ccc3c2)s1. The highest BCUT2D eigenvalue weighted by Gasteiger charge is 2.12. The summed E-state index contributed by atoms with van der Waals surface area (Å²) in [6.07, 6.45) is 1.52. The third kappa shape index (κ3) is 6.93. The van der Waals surface area contributed by atoms with Crippen LogP contribution in [0.25, 0.3) is 27.3 Å². The monoisotopic (exact) mass is 504 g/mol. The normalized spacial score (nSPS) is 15.4. The Labute approximate surface area is 216 Å². The molecule has 36 heavy (non-hydrogen) atoms. The Kier molecular flexibility index (Phi) is 9.09. The van der Waals surface area contributed by atoms with Gasteiger partial charge in [-0.3, -0.25) is 9.69 Å². The van der Waals surface area contributed by atoms with E-state index >= 15 is 0 Å². The summed E-state index contributed by atoms with van der Waals surface area (Å²) in [5, 5.41) is 27.5. The zero-order valence-electron chi connectivity index (χ0n) is 20.5. The number of nitrogens with one attached hydrogen (secondary N) is 2. The van der Waals surface area contributed by atoms with E-state index in [1.165, 1.54) is 16.7 Å². The number of thiophene rings is 1. The van der Waals surface area contributed by atoms with Gasteiger partial charge in [0.25, 0.3) is 5.91 Å². The number of fused-ring (bicyclic) bond motifs is 1. The summed E-state index contributed by atoms with van der Waals surface area (Å²) >= 11 is 1.53. The molecule has 1 fully saturated rings. The minimum Gasteiger partial charge on any atom is -0.391 e. The molecule has 2 heterocycles. The van der Waals surface area contributed by atoms with Crippen molar-refractivity contribution in [3.63, 3.8) is 0 Å². The average Bonchev–Trinajstić information content (AvgIpc) is 3.39. The van der Waals surface area contributed by atoms with Gasteiger partial charge in [-0.15, -0.1) is 11.3 Å². The molecular formula is C28H32N4O3S. The molecule has 1 unspecified atom stereocenters. The lowest BCUT2D eigenvalue weighted by Crippen LogP contribution is -2.38. The fraction of sp³-hybridized carbons (Fsp3) is 0.357. The van der Waals surface area contributed by atoms with E-state index in [2.05, 4.69) is 51.9 Å². The Morgan fingerprint density at radius 1 is 1.19 bits per heavy atom. The van der Waals surface area contributed by atoms with Crippen LogP contribution < -0.4 is 10.6 Å². The van der Waals surface area contributed by atoms with Crippen molar-refractivity contribution in [1.82, 2.24) is 10.2 Å². The predicted molar refractivity (Wildman–Crippen MR) is 146 cm³/mol. The molecule has 4 rings (SSSR count). The molecule has 0 radical (unpaired) electrons. The summed E-state index contributed by atoms with van der Waals surface area (Å²) in [4.78, 5) is 16.6. The van der Waals surface area contributed by atoms with Crippen molar-refractivity contribution in [3.8, 4) is 16.5 Å². The van der Waals surface area contributed by atoms with Gasteiger partial charge in [0.05, 0.1) is 19.3 Å². The van der Waals surface area contributed by atoms with Crippen molar-refractivity contribution < 1.29 is 14.6 Å². The Bertz CT molecular complexity index is 1260. The third-order valence-electron chi connectivity index (χ3n) is 6.23. The van der Waals surface area contributed by atoms with E-state index in [1.54, 1.807) is 6.08 Å². The summed E-state index contributed by atoms with van der Waals surface area (Å²) in [5.74, 6) is -0.472. The second kappa shape index (κ2) is 12.7. The van der Waals surface area contributed by atoms with Crippen LogP contribution in [0.15, 0.2) is 54.1 Å². The number of hydrogen-bond donors (Lipinski definition) is 3. The topological polar surface area (TPSA) is 97.6 Å². The van der Waals surface area contributed by atoms with Crippen LogP contribution in [0.5, 0.6) is 0 Å². The first-order valence-electron chi connectivity index (χ1n) is 12.3. The lowest BCUT2D eigenvalue weighted by molar-refractivity contribution is -0.117. The van der Waals surface area contributed by atoms with Gasteiger partial charge in [0.1, 0.15) is 11.6 Å². The van der Waals surface area contributed by atoms with Gasteiger partial charge in [-0.1, -0.05) is 25.1 Å². The molecule has 1 aromatic heterocycles. The molecule has 0 aliphatic carbocycles. The Morgan fingerprint density at radius 3 is 2.75 bits per heavy atom. The van der Waals surface area contributed by atoms with Gasteiger partial charge >= 0.3 is 0 Å². The molecule has 7 nitrogen and oxygen atoms in total. The molecule has 0 bridgehead atoms. The van der Waals surface area contributed by atoms with E-state index in [9.17, 15) is 15.2 Å². The minimum atomic E-state index is -0.614. The van der Waals surface area contributed by atoms with Gasteiger partial charge in [-0.25, -0.2) is 0 Å². The van der Waals surface area contributed by atoms with Crippen molar-refractivity contribution in [3.05, 3.63) is 59.0 Å². The molecule has 1 aliphatic rings. The van der Waals surface area contributed by atoms with Crippen LogP contribution in [0, 0.1) is 11.3 Å². The minimum absolute atomic E-state index is 0.0267. The molecule has 1 aliphatic heterocycles. The van der Waals surface area contributed by atoms with Gasteiger partial charge in [0.15, 0.2) is 0 Å². The molecule has 0 spiro atoms. The zero-order valence-corrected chi connectivity index (χ0v) is 21.3. The summed E-state index contributed by atoms with van der Waals surface area (Å²) < 4.78 is 5.41. The highest BCUT2D eigenvalue weighted by molar-refractivity contribution is 7.16. The maximum Gasteiger partial charge on any atom is 0.262 e. The first-order chi connectivity index (χ1) is 17.6. The summed E-state index contributed by atoms with van der Waals surface area (Å²) in [6, 6.07) is 18.7. The zero-order chi connectivity index (χ0) is 25.3. The molecule has 8 heteroatoms. The van der Waals surface area contributed by atoms with E-state index in [0.717, 1.165) is 65.8 Å². The van der Waals surface area contributed by atoms with E-state index in [1.807, 2.05) is 25.1 Å². The number of aliphatic hydroxyl groups excluding tert-OH is 1. The quantitative estimate of drug-likeness (QED) is 0.284. The van der Waals surface area contributed by atoms with Crippen LogP contribution in [0.4, 0.5) is 5.69 Å². The van der Waals surface area contributed by atoms with E-state index < -0.39 is 12.0 Å². The molecule has 0 saturated carbocycles. The Balaban J connectivity index is 1.40. The molecule has 1 saturated heterocycles. The standard InChI is InChI=1S/C28H32N4O3S/c1-2-25(33)19-31-28(34)23(18-29)17-26-7-8-27(36-26)22-4-3-21-16-24(6-5-20(21)15-22)30-9-10-32-11-13-35-14-12-32/h3-8,15-17,25,30,33H,2,9-14,19H2,1H3,(H,31,34)/b23-17+. The lowest BCUT2D eigenvalue weighted by atomic mass is 10.1. The fourth-order valence-corrected chi connectivity index (χ4v) is 4.97. The number of hydrogen-bond acceptors (Lipinski definition) is 7. The third-order valence-corrected chi connectivity index (χ3v) is 7.31. The van der Waals surface area contributed by atoms with Crippen LogP contribution >= 0.6 is 11.3 Å². The van der Waals surface area contributed by atoms with Crippen molar-refractivity contribution in [2.24, 2.45) is 0 Å². The second-order valence-corrected chi connectivity index (χ2v) is 9.92. The average molecular weight is 505 g/mol. The van der Waals surface area contributed by atoms with Crippen molar-refractivity contribution in [1.29, 1.82) is 5.26 Å². The molecular weight excluding hydrogens is 472 g/mol. The number of ether oxygens (including phenoxy) is 1. The van der Waals surface area contributed by atoms with Crippen LogP contribution in [0.2, 0.25) is 0 Å². The first-order valence-corrected chi connectivity index (χ1v) is 13.1. The molecule has 2 aromatic carbocycles. The molecule has 3 aromatic rings. The molecule has 1 atom stereocenters. The van der Waals surface area contributed by atoms with E-state index in [0.29, 0.717) is 6.42 Å². The largest absolute Gasteiger partial charge is 0.391 e. The molecule has 188 valence electrons. The number of carbonyl (C=O) groups is 1. The Hall–Kier alpha value is -3.22. The number of nitriles is 1. The van der Waals surface area contributed by atoms with E-state index in [4.69, 9.17) is 4.74 Å². The highest BCUT2D eigenvalue weighted by atomic mass is 32.1. The lowest BCUT2D eigenvalue weighted by Gasteiger charge is -2.26. The molecule has 3 N–H and O–H groups in total. The maximum absolute atomic E-state index is 12.3. The number of amides is 1. The number of anilines is 1. The van der Waals surface area contributed by atoms with Crippen LogP contribution in [0.3, 0.4) is 0 Å². The predicted octanol–water partition coefficient (Wildman–Crippen LogP) is 4.11. The Morgan fingerprint density at radius 2 is 1.97 bits per heavy atom. The van der Waals surface area contributed by atoms with Crippen molar-refractivity contribution in [2.75, 3.05) is 51.3 Å². The van der Waals surface area contributed by atoms with Crippen molar-refractivity contribution in [2.45, 2.75) is 19.4 Å². The van der Waals surface area contributed by atoms with Gasteiger partial charge in [-0.05, 0) is 59.2 Å².